The lowest BCUT2D eigenvalue weighted by Gasteiger charge is -2.36. The Labute approximate surface area is 185 Å². The summed E-state index contributed by atoms with van der Waals surface area (Å²) in [5.41, 5.74) is 3.46. The molecule has 4 heteroatoms. The van der Waals surface area contributed by atoms with Crippen LogP contribution < -0.4 is 0 Å². The third-order valence-electron chi connectivity index (χ3n) is 5.73. The maximum absolute atomic E-state index is 5.11. The molecule has 0 aliphatic carbocycles. The van der Waals surface area contributed by atoms with E-state index in [1.54, 1.807) is 0 Å². The van der Waals surface area contributed by atoms with Crippen LogP contribution in [0.4, 0.5) is 0 Å². The van der Waals surface area contributed by atoms with Crippen LogP contribution in [-0.2, 0) is 16.5 Å². The number of hydrogen-bond donors (Lipinski definition) is 0. The highest BCUT2D eigenvalue weighted by atomic mass is 15.5. The molecule has 0 N–H and O–H groups in total. The third kappa shape index (κ3) is 3.71. The summed E-state index contributed by atoms with van der Waals surface area (Å²) < 4.78 is 4.13. The Bertz CT molecular complexity index is 1050. The van der Waals surface area contributed by atoms with Crippen LogP contribution in [0.25, 0.3) is 0 Å². The highest BCUT2D eigenvalue weighted by Crippen LogP contribution is 2.37. The van der Waals surface area contributed by atoms with E-state index in [2.05, 4.69) is 124 Å². The first-order valence-electron chi connectivity index (χ1n) is 10.9. The van der Waals surface area contributed by atoms with Gasteiger partial charge in [0.1, 0.15) is 0 Å². The summed E-state index contributed by atoms with van der Waals surface area (Å²) in [5.74, 6) is 0. The van der Waals surface area contributed by atoms with Crippen LogP contribution in [-0.4, -0.2) is 19.6 Å². The van der Waals surface area contributed by atoms with Gasteiger partial charge in [-0.15, -0.1) is 0 Å². The molecule has 0 saturated heterocycles. The van der Waals surface area contributed by atoms with Crippen molar-refractivity contribution in [1.29, 1.82) is 0 Å². The van der Waals surface area contributed by atoms with Crippen LogP contribution in [0.1, 0.15) is 64.1 Å². The van der Waals surface area contributed by atoms with Gasteiger partial charge in [-0.1, -0.05) is 102 Å². The molecule has 0 aliphatic rings. The SMILES string of the molecule is CC(C)(C)c1ccn(C(c2ccccc2)(c2ccccc2)n2ccc(C(C)(C)C)n2)n1. The molecule has 0 fully saturated rings. The van der Waals surface area contributed by atoms with Gasteiger partial charge in [0.2, 0.25) is 5.66 Å². The lowest BCUT2D eigenvalue weighted by atomic mass is 9.91. The molecule has 0 amide bonds. The second-order valence-corrected chi connectivity index (χ2v) is 10.2. The van der Waals surface area contributed by atoms with Gasteiger partial charge in [0, 0.05) is 34.4 Å². The van der Waals surface area contributed by atoms with Gasteiger partial charge in [0.15, 0.2) is 0 Å². The van der Waals surface area contributed by atoms with E-state index in [-0.39, 0.29) is 10.8 Å². The predicted octanol–water partition coefficient (Wildman–Crippen LogP) is 5.97. The first kappa shape index (κ1) is 21.1. The fraction of sp³-hybridized carbons (Fsp3) is 0.333. The minimum atomic E-state index is -0.741. The zero-order chi connectivity index (χ0) is 22.3. The molecule has 2 heterocycles. The van der Waals surface area contributed by atoms with Gasteiger partial charge < -0.3 is 0 Å². The van der Waals surface area contributed by atoms with Gasteiger partial charge >= 0.3 is 0 Å². The molecule has 0 aliphatic heterocycles. The van der Waals surface area contributed by atoms with E-state index in [1.165, 1.54) is 0 Å². The number of rotatable bonds is 4. The normalized spacial score (nSPS) is 12.8. The average molecular weight is 413 g/mol. The number of benzene rings is 2. The number of nitrogens with zero attached hydrogens (tertiary/aromatic N) is 4. The zero-order valence-electron chi connectivity index (χ0n) is 19.4. The van der Waals surface area contributed by atoms with Crippen molar-refractivity contribution in [3.05, 3.63) is 108 Å². The second-order valence-electron chi connectivity index (χ2n) is 10.2. The largest absolute Gasteiger partial charge is 0.236 e. The second kappa shape index (κ2) is 7.52. The Kier molecular flexibility index (Phi) is 5.12. The van der Waals surface area contributed by atoms with E-state index in [4.69, 9.17) is 10.2 Å². The van der Waals surface area contributed by atoms with Gasteiger partial charge in [-0.3, -0.25) is 0 Å². The first-order chi connectivity index (χ1) is 14.6. The van der Waals surface area contributed by atoms with Gasteiger partial charge in [-0.25, -0.2) is 9.36 Å². The van der Waals surface area contributed by atoms with Crippen LogP contribution >= 0.6 is 0 Å². The summed E-state index contributed by atoms with van der Waals surface area (Å²) >= 11 is 0. The molecule has 160 valence electrons. The van der Waals surface area contributed by atoms with Crippen LogP contribution in [0.2, 0.25) is 0 Å². The molecule has 4 nitrogen and oxygen atoms in total. The molecule has 4 aromatic rings. The molecular formula is C27H32N4. The van der Waals surface area contributed by atoms with Crippen LogP contribution in [0.3, 0.4) is 0 Å². The summed E-state index contributed by atoms with van der Waals surface area (Å²) in [6.07, 6.45) is 4.16. The Morgan fingerprint density at radius 2 is 0.871 bits per heavy atom. The predicted molar refractivity (Wildman–Crippen MR) is 126 cm³/mol. The first-order valence-corrected chi connectivity index (χ1v) is 10.9. The molecule has 2 aromatic heterocycles. The van der Waals surface area contributed by atoms with Crippen molar-refractivity contribution in [2.75, 3.05) is 0 Å². The summed E-state index contributed by atoms with van der Waals surface area (Å²) in [4.78, 5) is 0. The standard InChI is InChI=1S/C27H32N4/c1-25(2,3)23-17-19-30(28-23)27(21-13-9-7-10-14-21,22-15-11-8-12-16-22)31-20-18-24(29-31)26(4,5)6/h7-20H,1-6H3. The van der Waals surface area contributed by atoms with Crippen molar-refractivity contribution in [3.63, 3.8) is 0 Å². The minimum Gasteiger partial charge on any atom is -0.236 e. The zero-order valence-corrected chi connectivity index (χ0v) is 19.4. The molecule has 0 unspecified atom stereocenters. The Balaban J connectivity index is 2.08. The number of aromatic nitrogens is 4. The summed E-state index contributed by atoms with van der Waals surface area (Å²) in [7, 11) is 0. The molecule has 0 bridgehead atoms. The van der Waals surface area contributed by atoms with E-state index in [9.17, 15) is 0 Å². The van der Waals surface area contributed by atoms with Crippen LogP contribution in [0.5, 0.6) is 0 Å². The Hall–Kier alpha value is -3.14. The third-order valence-corrected chi connectivity index (χ3v) is 5.73. The van der Waals surface area contributed by atoms with Crippen molar-refractivity contribution >= 4 is 0 Å². The van der Waals surface area contributed by atoms with Gasteiger partial charge in [-0.2, -0.15) is 10.2 Å². The van der Waals surface area contributed by atoms with Gasteiger partial charge in [0.05, 0.1) is 11.4 Å². The summed E-state index contributed by atoms with van der Waals surface area (Å²) in [6, 6.07) is 25.3. The van der Waals surface area contributed by atoms with Gasteiger partial charge in [-0.05, 0) is 12.1 Å². The Morgan fingerprint density at radius 3 is 1.16 bits per heavy atom. The monoisotopic (exact) mass is 412 g/mol. The van der Waals surface area contributed by atoms with E-state index in [0.29, 0.717) is 0 Å². The van der Waals surface area contributed by atoms with E-state index >= 15 is 0 Å². The smallest absolute Gasteiger partial charge is 0.204 e. The molecule has 0 saturated carbocycles. The van der Waals surface area contributed by atoms with E-state index in [1.807, 2.05) is 12.1 Å². The molecule has 0 radical (unpaired) electrons. The van der Waals surface area contributed by atoms with E-state index < -0.39 is 5.66 Å². The topological polar surface area (TPSA) is 35.6 Å². The fourth-order valence-electron chi connectivity index (χ4n) is 3.95. The lowest BCUT2D eigenvalue weighted by Crippen LogP contribution is -2.45. The average Bonchev–Trinajstić information content (AvgIpc) is 3.41. The lowest BCUT2D eigenvalue weighted by molar-refractivity contribution is 0.288. The van der Waals surface area contributed by atoms with Crippen molar-refractivity contribution in [2.24, 2.45) is 0 Å². The fourth-order valence-corrected chi connectivity index (χ4v) is 3.95. The highest BCUT2D eigenvalue weighted by Gasteiger charge is 2.41. The number of hydrogen-bond acceptors (Lipinski definition) is 2. The quantitative estimate of drug-likeness (QED) is 0.414. The molecule has 4 rings (SSSR count). The molecular weight excluding hydrogens is 380 g/mol. The molecule has 2 aromatic carbocycles. The molecule has 31 heavy (non-hydrogen) atoms. The Morgan fingerprint density at radius 1 is 0.516 bits per heavy atom. The summed E-state index contributed by atoms with van der Waals surface area (Å²) in [6.45, 7) is 13.2. The van der Waals surface area contributed by atoms with Crippen molar-refractivity contribution in [1.82, 2.24) is 19.6 Å². The van der Waals surface area contributed by atoms with E-state index in [0.717, 1.165) is 22.5 Å². The maximum Gasteiger partial charge on any atom is 0.204 e. The van der Waals surface area contributed by atoms with Crippen molar-refractivity contribution < 1.29 is 0 Å². The minimum absolute atomic E-state index is 0.0505. The highest BCUT2D eigenvalue weighted by molar-refractivity contribution is 5.40. The molecule has 0 atom stereocenters. The van der Waals surface area contributed by atoms with Crippen LogP contribution in [0, 0.1) is 0 Å². The van der Waals surface area contributed by atoms with Crippen LogP contribution in [0.15, 0.2) is 85.2 Å². The van der Waals surface area contributed by atoms with Crippen molar-refractivity contribution in [3.8, 4) is 0 Å². The van der Waals surface area contributed by atoms with Gasteiger partial charge in [0.25, 0.3) is 0 Å². The maximum atomic E-state index is 5.11. The summed E-state index contributed by atoms with van der Waals surface area (Å²) in [5, 5.41) is 10.2. The van der Waals surface area contributed by atoms with Crippen molar-refractivity contribution in [2.45, 2.75) is 58.0 Å². The molecule has 0 spiro atoms.